The minimum Gasteiger partial charge on any atom is -0.488 e. The molecule has 1 N–H and O–H groups in total. The number of rotatable bonds is 6. The summed E-state index contributed by atoms with van der Waals surface area (Å²) >= 11 is 3.52. The molecule has 0 spiro atoms. The van der Waals surface area contributed by atoms with Crippen LogP contribution in [0.1, 0.15) is 27.8 Å². The highest BCUT2D eigenvalue weighted by Crippen LogP contribution is 2.28. The molecule has 4 nitrogen and oxygen atoms in total. The SMILES string of the molecule is Cc1ccc(COc2ccc(/C=C(\C#N)C(=O)Nc3ccccc3C)cc2Br)cc1C. The first-order valence-electron chi connectivity index (χ1n) is 9.84. The van der Waals surface area contributed by atoms with Gasteiger partial charge in [0.15, 0.2) is 0 Å². The maximum Gasteiger partial charge on any atom is 0.266 e. The quantitative estimate of drug-likeness (QED) is 0.327. The molecule has 3 aromatic rings. The van der Waals surface area contributed by atoms with Gasteiger partial charge in [-0.25, -0.2) is 0 Å². The Morgan fingerprint density at radius 3 is 2.48 bits per heavy atom. The molecule has 0 saturated carbocycles. The number of hydrogen-bond acceptors (Lipinski definition) is 3. The van der Waals surface area contributed by atoms with Crippen molar-refractivity contribution in [2.75, 3.05) is 5.32 Å². The second kappa shape index (κ2) is 10.1. The molecule has 0 atom stereocenters. The molecule has 1 amide bonds. The number of nitriles is 1. The first kappa shape index (κ1) is 22.3. The van der Waals surface area contributed by atoms with E-state index < -0.39 is 5.91 Å². The molecule has 3 aromatic carbocycles. The number of halogens is 1. The zero-order valence-electron chi connectivity index (χ0n) is 17.7. The third-order valence-corrected chi connectivity index (χ3v) is 5.61. The van der Waals surface area contributed by atoms with Crippen molar-refractivity contribution in [2.24, 2.45) is 0 Å². The van der Waals surface area contributed by atoms with Crippen LogP contribution in [0.25, 0.3) is 6.08 Å². The fourth-order valence-corrected chi connectivity index (χ4v) is 3.51. The van der Waals surface area contributed by atoms with Crippen molar-refractivity contribution in [3.8, 4) is 11.8 Å². The summed E-state index contributed by atoms with van der Waals surface area (Å²) in [6.45, 7) is 6.52. The summed E-state index contributed by atoms with van der Waals surface area (Å²) in [4.78, 5) is 12.5. The number of carbonyl (C=O) groups is 1. The van der Waals surface area contributed by atoms with E-state index in [0.29, 0.717) is 18.0 Å². The van der Waals surface area contributed by atoms with E-state index in [9.17, 15) is 10.1 Å². The lowest BCUT2D eigenvalue weighted by atomic mass is 10.1. The van der Waals surface area contributed by atoms with Gasteiger partial charge in [0.1, 0.15) is 24.0 Å². The van der Waals surface area contributed by atoms with Crippen LogP contribution in [0.5, 0.6) is 5.75 Å². The van der Waals surface area contributed by atoms with Crippen LogP contribution in [-0.4, -0.2) is 5.91 Å². The van der Waals surface area contributed by atoms with Gasteiger partial charge in [-0.15, -0.1) is 0 Å². The molecule has 0 aliphatic carbocycles. The van der Waals surface area contributed by atoms with Crippen molar-refractivity contribution in [2.45, 2.75) is 27.4 Å². The van der Waals surface area contributed by atoms with Crippen LogP contribution in [-0.2, 0) is 11.4 Å². The molecule has 0 unspecified atom stereocenters. The van der Waals surface area contributed by atoms with Crippen molar-refractivity contribution in [3.63, 3.8) is 0 Å². The average Bonchev–Trinajstić information content (AvgIpc) is 2.75. The lowest BCUT2D eigenvalue weighted by Crippen LogP contribution is -2.14. The van der Waals surface area contributed by atoms with Crippen molar-refractivity contribution < 1.29 is 9.53 Å². The second-order valence-corrected chi connectivity index (χ2v) is 8.19. The maximum absolute atomic E-state index is 12.5. The highest BCUT2D eigenvalue weighted by Gasteiger charge is 2.11. The van der Waals surface area contributed by atoms with Crippen LogP contribution in [0.2, 0.25) is 0 Å². The number of nitrogens with one attached hydrogen (secondary N) is 1. The molecular weight excluding hydrogens is 452 g/mol. The normalized spacial score (nSPS) is 11.0. The number of nitrogens with zero attached hydrogens (tertiary/aromatic N) is 1. The molecule has 0 radical (unpaired) electrons. The molecule has 0 aliphatic heterocycles. The molecule has 0 fully saturated rings. The molecular formula is C26H23BrN2O2. The third kappa shape index (κ3) is 5.84. The van der Waals surface area contributed by atoms with Gasteiger partial charge in [0.2, 0.25) is 0 Å². The van der Waals surface area contributed by atoms with Crippen LogP contribution in [0, 0.1) is 32.1 Å². The fourth-order valence-electron chi connectivity index (χ4n) is 3.00. The molecule has 0 aromatic heterocycles. The highest BCUT2D eigenvalue weighted by molar-refractivity contribution is 9.10. The Labute approximate surface area is 191 Å². The number of hydrogen-bond donors (Lipinski definition) is 1. The Morgan fingerprint density at radius 1 is 1.03 bits per heavy atom. The number of aryl methyl sites for hydroxylation is 3. The number of benzene rings is 3. The highest BCUT2D eigenvalue weighted by atomic mass is 79.9. The number of ether oxygens (including phenoxy) is 1. The topological polar surface area (TPSA) is 62.1 Å². The van der Waals surface area contributed by atoms with E-state index in [1.807, 2.05) is 49.4 Å². The minimum absolute atomic E-state index is 0.0268. The lowest BCUT2D eigenvalue weighted by molar-refractivity contribution is -0.112. The monoisotopic (exact) mass is 474 g/mol. The minimum atomic E-state index is -0.442. The molecule has 156 valence electrons. The smallest absolute Gasteiger partial charge is 0.266 e. The van der Waals surface area contributed by atoms with E-state index in [1.165, 1.54) is 11.1 Å². The summed E-state index contributed by atoms with van der Waals surface area (Å²) in [5, 5.41) is 12.3. The van der Waals surface area contributed by atoms with Gasteiger partial charge in [-0.1, -0.05) is 42.5 Å². The first-order valence-corrected chi connectivity index (χ1v) is 10.6. The Bertz CT molecular complexity index is 1190. The molecule has 3 rings (SSSR count). The van der Waals surface area contributed by atoms with E-state index in [2.05, 4.69) is 53.3 Å². The summed E-state index contributed by atoms with van der Waals surface area (Å²) in [5.74, 6) is 0.251. The first-order chi connectivity index (χ1) is 14.9. The van der Waals surface area contributed by atoms with Gasteiger partial charge in [-0.05, 0) is 88.8 Å². The molecule has 31 heavy (non-hydrogen) atoms. The van der Waals surface area contributed by atoms with E-state index >= 15 is 0 Å². The standard InChI is InChI=1S/C26H23BrN2O2/c1-17-8-9-21(12-19(17)3)16-31-25-11-10-20(14-23(25)27)13-22(15-28)26(30)29-24-7-5-4-6-18(24)2/h4-14H,16H2,1-3H3,(H,29,30)/b22-13+. The van der Waals surface area contributed by atoms with Gasteiger partial charge in [-0.2, -0.15) is 5.26 Å². The molecule has 0 aliphatic rings. The Balaban J connectivity index is 1.72. The summed E-state index contributed by atoms with van der Waals surface area (Å²) < 4.78 is 6.68. The second-order valence-electron chi connectivity index (χ2n) is 7.34. The summed E-state index contributed by atoms with van der Waals surface area (Å²) in [6, 6.07) is 21.2. The Morgan fingerprint density at radius 2 is 1.81 bits per heavy atom. The van der Waals surface area contributed by atoms with E-state index in [0.717, 1.165) is 21.2 Å². The van der Waals surface area contributed by atoms with Crippen molar-refractivity contribution in [1.82, 2.24) is 0 Å². The van der Waals surface area contributed by atoms with Crippen molar-refractivity contribution in [3.05, 3.63) is 98.5 Å². The molecule has 0 bridgehead atoms. The lowest BCUT2D eigenvalue weighted by Gasteiger charge is -2.11. The zero-order valence-corrected chi connectivity index (χ0v) is 19.3. The summed E-state index contributed by atoms with van der Waals surface area (Å²) in [7, 11) is 0. The van der Waals surface area contributed by atoms with E-state index in [4.69, 9.17) is 4.74 Å². The fraction of sp³-hybridized carbons (Fsp3) is 0.154. The predicted octanol–water partition coefficient (Wildman–Crippen LogP) is 6.50. The van der Waals surface area contributed by atoms with E-state index in [1.54, 1.807) is 12.1 Å². The van der Waals surface area contributed by atoms with Crippen LogP contribution in [0.4, 0.5) is 5.69 Å². The van der Waals surface area contributed by atoms with Gasteiger partial charge < -0.3 is 10.1 Å². The number of anilines is 1. The van der Waals surface area contributed by atoms with Crippen LogP contribution in [0.3, 0.4) is 0 Å². The largest absolute Gasteiger partial charge is 0.488 e. The van der Waals surface area contributed by atoms with E-state index in [-0.39, 0.29) is 5.57 Å². The average molecular weight is 475 g/mol. The van der Waals surface area contributed by atoms with Crippen molar-refractivity contribution >= 4 is 33.6 Å². The van der Waals surface area contributed by atoms with Gasteiger partial charge in [0, 0.05) is 5.69 Å². The third-order valence-electron chi connectivity index (χ3n) is 4.99. The Hall–Kier alpha value is -3.36. The van der Waals surface area contributed by atoms with Gasteiger partial charge in [0.25, 0.3) is 5.91 Å². The molecule has 0 heterocycles. The van der Waals surface area contributed by atoms with Gasteiger partial charge >= 0.3 is 0 Å². The van der Waals surface area contributed by atoms with Gasteiger partial charge in [0.05, 0.1) is 4.47 Å². The van der Waals surface area contributed by atoms with Gasteiger partial charge in [-0.3, -0.25) is 4.79 Å². The van der Waals surface area contributed by atoms with Crippen LogP contribution in [0.15, 0.2) is 70.7 Å². The summed E-state index contributed by atoms with van der Waals surface area (Å²) in [6.07, 6.45) is 1.56. The number of para-hydroxylation sites is 1. The zero-order chi connectivity index (χ0) is 22.4. The predicted molar refractivity (Wildman–Crippen MR) is 128 cm³/mol. The van der Waals surface area contributed by atoms with Crippen molar-refractivity contribution in [1.29, 1.82) is 5.26 Å². The molecule has 5 heteroatoms. The maximum atomic E-state index is 12.5. The molecule has 0 saturated heterocycles. The van der Waals surface area contributed by atoms with Crippen LogP contribution < -0.4 is 10.1 Å². The summed E-state index contributed by atoms with van der Waals surface area (Å²) in [5.41, 5.74) is 5.94. The van der Waals surface area contributed by atoms with Crippen LogP contribution >= 0.6 is 15.9 Å². The number of amides is 1. The number of carbonyl (C=O) groups excluding carboxylic acids is 1. The Kier molecular flexibility index (Phi) is 7.28.